The minimum atomic E-state index is 0.138. The van der Waals surface area contributed by atoms with Crippen molar-refractivity contribution in [1.82, 2.24) is 20.0 Å². The Hall–Kier alpha value is -1.62. The number of amides is 1. The van der Waals surface area contributed by atoms with E-state index in [1.165, 1.54) is 16.8 Å². The van der Waals surface area contributed by atoms with Gasteiger partial charge in [0.25, 0.3) is 0 Å². The molecular weight excluding hydrogens is 288 g/mol. The standard InChI is InChI=1S/C18H30N4O/c1-6-18(21(5)15(4)23)16-8-7-10-22(12-16)11-9-17-13(2)19-20-14(17)3/h8,18H,6-7,9-12H2,1-5H3,(H,19,20). The SMILES string of the molecule is CCC(C1=CCCN(CCc2c(C)n[nH]c2C)C1)N(C)C(C)=O. The Morgan fingerprint density at radius 2 is 2.22 bits per heavy atom. The molecule has 5 nitrogen and oxygen atoms in total. The van der Waals surface area contributed by atoms with Gasteiger partial charge in [-0.15, -0.1) is 0 Å². The van der Waals surface area contributed by atoms with Gasteiger partial charge < -0.3 is 4.90 Å². The van der Waals surface area contributed by atoms with Gasteiger partial charge in [0.15, 0.2) is 0 Å². The fourth-order valence-electron chi connectivity index (χ4n) is 3.48. The summed E-state index contributed by atoms with van der Waals surface area (Å²) in [6.45, 7) is 11.1. The first-order valence-corrected chi connectivity index (χ1v) is 8.59. The second kappa shape index (κ2) is 7.77. The normalized spacial score (nSPS) is 17.0. The summed E-state index contributed by atoms with van der Waals surface area (Å²) in [7, 11) is 1.91. The third kappa shape index (κ3) is 4.22. The van der Waals surface area contributed by atoms with Crippen LogP contribution in [0, 0.1) is 13.8 Å². The summed E-state index contributed by atoms with van der Waals surface area (Å²) in [5, 5.41) is 7.34. The van der Waals surface area contributed by atoms with Crippen molar-refractivity contribution in [3.8, 4) is 0 Å². The number of likely N-dealkylation sites (N-methyl/N-ethyl adjacent to an activating group) is 1. The molecule has 1 N–H and O–H groups in total. The molecule has 1 aromatic heterocycles. The average Bonchev–Trinajstić information content (AvgIpc) is 2.85. The molecule has 0 bridgehead atoms. The Labute approximate surface area is 139 Å². The zero-order valence-corrected chi connectivity index (χ0v) is 15.1. The lowest BCUT2D eigenvalue weighted by atomic mass is 9.98. The van der Waals surface area contributed by atoms with E-state index in [-0.39, 0.29) is 11.9 Å². The monoisotopic (exact) mass is 318 g/mol. The van der Waals surface area contributed by atoms with E-state index in [0.717, 1.165) is 44.6 Å². The molecule has 0 spiro atoms. The summed E-state index contributed by atoms with van der Waals surface area (Å²) in [4.78, 5) is 16.1. The second-order valence-electron chi connectivity index (χ2n) is 6.56. The van der Waals surface area contributed by atoms with Crippen LogP contribution in [0.5, 0.6) is 0 Å². The van der Waals surface area contributed by atoms with Gasteiger partial charge >= 0.3 is 0 Å². The molecule has 2 heterocycles. The van der Waals surface area contributed by atoms with Crippen LogP contribution < -0.4 is 0 Å². The van der Waals surface area contributed by atoms with Crippen molar-refractivity contribution in [2.24, 2.45) is 0 Å². The molecule has 0 radical (unpaired) electrons. The minimum Gasteiger partial charge on any atom is -0.339 e. The van der Waals surface area contributed by atoms with Gasteiger partial charge in [0.2, 0.25) is 5.91 Å². The fraction of sp³-hybridized carbons (Fsp3) is 0.667. The predicted molar refractivity (Wildman–Crippen MR) is 93.4 cm³/mol. The highest BCUT2D eigenvalue weighted by Crippen LogP contribution is 2.20. The number of nitrogens with one attached hydrogen (secondary N) is 1. The maximum absolute atomic E-state index is 11.7. The predicted octanol–water partition coefficient (Wildman–Crippen LogP) is 2.46. The topological polar surface area (TPSA) is 52.2 Å². The van der Waals surface area contributed by atoms with E-state index in [2.05, 4.69) is 41.9 Å². The summed E-state index contributed by atoms with van der Waals surface area (Å²) in [5.41, 5.74) is 5.02. The smallest absolute Gasteiger partial charge is 0.219 e. The van der Waals surface area contributed by atoms with Crippen molar-refractivity contribution < 1.29 is 4.79 Å². The molecule has 1 unspecified atom stereocenters. The summed E-state index contributed by atoms with van der Waals surface area (Å²) < 4.78 is 0. The van der Waals surface area contributed by atoms with E-state index in [1.807, 2.05) is 11.9 Å². The lowest BCUT2D eigenvalue weighted by Gasteiger charge is -2.35. The number of H-pyrrole nitrogens is 1. The summed E-state index contributed by atoms with van der Waals surface area (Å²) in [5.74, 6) is 0.138. The van der Waals surface area contributed by atoms with Crippen LogP contribution in [0.25, 0.3) is 0 Å². The van der Waals surface area contributed by atoms with Crippen molar-refractivity contribution in [1.29, 1.82) is 0 Å². The number of aromatic nitrogens is 2. The summed E-state index contributed by atoms with van der Waals surface area (Å²) >= 11 is 0. The van der Waals surface area contributed by atoms with Crippen LogP contribution in [0.3, 0.4) is 0 Å². The first kappa shape index (κ1) is 17.7. The van der Waals surface area contributed by atoms with Crippen molar-refractivity contribution in [2.75, 3.05) is 26.7 Å². The molecule has 1 aliphatic heterocycles. The second-order valence-corrected chi connectivity index (χ2v) is 6.56. The van der Waals surface area contributed by atoms with E-state index in [9.17, 15) is 4.79 Å². The van der Waals surface area contributed by atoms with Crippen LogP contribution in [0.2, 0.25) is 0 Å². The van der Waals surface area contributed by atoms with Gasteiger partial charge in [-0.2, -0.15) is 5.10 Å². The highest BCUT2D eigenvalue weighted by atomic mass is 16.2. The molecule has 23 heavy (non-hydrogen) atoms. The highest BCUT2D eigenvalue weighted by molar-refractivity contribution is 5.73. The zero-order chi connectivity index (χ0) is 17.0. The van der Waals surface area contributed by atoms with Gasteiger partial charge in [-0.25, -0.2) is 0 Å². The lowest BCUT2D eigenvalue weighted by molar-refractivity contribution is -0.129. The molecule has 1 amide bonds. The van der Waals surface area contributed by atoms with Gasteiger partial charge in [-0.05, 0) is 44.2 Å². The number of carbonyl (C=O) groups excluding carboxylic acids is 1. The molecular formula is C18H30N4O. The Bertz CT molecular complexity index is 556. The highest BCUT2D eigenvalue weighted by Gasteiger charge is 2.23. The van der Waals surface area contributed by atoms with Crippen LogP contribution in [0.15, 0.2) is 11.6 Å². The molecule has 1 atom stereocenters. The first-order chi connectivity index (χ1) is 10.9. The number of nitrogens with zero attached hydrogens (tertiary/aromatic N) is 3. The van der Waals surface area contributed by atoms with Crippen LogP contribution in [-0.2, 0) is 11.2 Å². The van der Waals surface area contributed by atoms with Crippen LogP contribution >= 0.6 is 0 Å². The molecule has 128 valence electrons. The van der Waals surface area contributed by atoms with Crippen molar-refractivity contribution in [3.05, 3.63) is 28.6 Å². The molecule has 0 saturated carbocycles. The number of rotatable bonds is 6. The number of aryl methyl sites for hydroxylation is 2. The van der Waals surface area contributed by atoms with E-state index < -0.39 is 0 Å². The molecule has 0 aromatic carbocycles. The van der Waals surface area contributed by atoms with Gasteiger partial charge in [0.1, 0.15) is 0 Å². The first-order valence-electron chi connectivity index (χ1n) is 8.59. The van der Waals surface area contributed by atoms with Gasteiger partial charge in [-0.3, -0.25) is 14.8 Å². The van der Waals surface area contributed by atoms with Crippen molar-refractivity contribution >= 4 is 5.91 Å². The lowest BCUT2D eigenvalue weighted by Crippen LogP contribution is -2.42. The maximum Gasteiger partial charge on any atom is 0.219 e. The van der Waals surface area contributed by atoms with Crippen molar-refractivity contribution in [2.45, 2.75) is 53.0 Å². The minimum absolute atomic E-state index is 0.138. The Balaban J connectivity index is 1.97. The van der Waals surface area contributed by atoms with Gasteiger partial charge in [-0.1, -0.05) is 13.0 Å². The maximum atomic E-state index is 11.7. The van der Waals surface area contributed by atoms with Crippen LogP contribution in [-0.4, -0.2) is 58.6 Å². The van der Waals surface area contributed by atoms with E-state index in [0.29, 0.717) is 0 Å². The van der Waals surface area contributed by atoms with Gasteiger partial charge in [0.05, 0.1) is 11.7 Å². The van der Waals surface area contributed by atoms with Crippen LogP contribution in [0.1, 0.15) is 43.6 Å². The number of hydrogen-bond donors (Lipinski definition) is 1. The van der Waals surface area contributed by atoms with E-state index >= 15 is 0 Å². The quantitative estimate of drug-likeness (QED) is 0.820. The Morgan fingerprint density at radius 3 is 2.78 bits per heavy atom. The third-order valence-corrected chi connectivity index (χ3v) is 5.00. The van der Waals surface area contributed by atoms with Crippen LogP contribution in [0.4, 0.5) is 0 Å². The number of hydrogen-bond acceptors (Lipinski definition) is 3. The fourth-order valence-corrected chi connectivity index (χ4v) is 3.48. The number of carbonyl (C=O) groups is 1. The molecule has 0 aliphatic carbocycles. The Kier molecular flexibility index (Phi) is 5.99. The largest absolute Gasteiger partial charge is 0.339 e. The summed E-state index contributed by atoms with van der Waals surface area (Å²) in [6.07, 6.45) is 5.40. The Morgan fingerprint density at radius 1 is 1.48 bits per heavy atom. The molecule has 1 aromatic rings. The van der Waals surface area contributed by atoms with Gasteiger partial charge in [0, 0.05) is 39.3 Å². The van der Waals surface area contributed by atoms with Crippen molar-refractivity contribution in [3.63, 3.8) is 0 Å². The molecule has 0 fully saturated rings. The molecule has 2 rings (SSSR count). The molecule has 1 aliphatic rings. The van der Waals surface area contributed by atoms with E-state index in [1.54, 1.807) is 6.92 Å². The number of aromatic amines is 1. The molecule has 0 saturated heterocycles. The molecule has 5 heteroatoms. The summed E-state index contributed by atoms with van der Waals surface area (Å²) in [6, 6.07) is 0.229. The average molecular weight is 318 g/mol. The zero-order valence-electron chi connectivity index (χ0n) is 15.1. The van der Waals surface area contributed by atoms with E-state index in [4.69, 9.17) is 0 Å². The third-order valence-electron chi connectivity index (χ3n) is 5.00.